The topological polar surface area (TPSA) is 75.6 Å². The first-order valence-electron chi connectivity index (χ1n) is 8.90. The van der Waals surface area contributed by atoms with Gasteiger partial charge in [0.25, 0.3) is 10.1 Å². The summed E-state index contributed by atoms with van der Waals surface area (Å²) < 4.78 is 38.8. The quantitative estimate of drug-likeness (QED) is 0.786. The zero-order valence-electron chi connectivity index (χ0n) is 14.1. The van der Waals surface area contributed by atoms with E-state index in [9.17, 15) is 13.0 Å². The van der Waals surface area contributed by atoms with Crippen LogP contribution in [0.3, 0.4) is 0 Å². The second-order valence-electron chi connectivity index (χ2n) is 7.29. The summed E-state index contributed by atoms with van der Waals surface area (Å²) in [5.74, 6) is 0.528. The molecule has 5 nitrogen and oxygen atoms in total. The molecule has 1 aromatic rings. The molecular weight excluding hydrogens is 326 g/mol. The summed E-state index contributed by atoms with van der Waals surface area (Å²) in [6.45, 7) is 2.22. The van der Waals surface area contributed by atoms with Crippen molar-refractivity contribution < 1.29 is 17.7 Å². The molecule has 2 N–H and O–H groups in total. The van der Waals surface area contributed by atoms with Crippen LogP contribution in [0.1, 0.15) is 51.9 Å². The highest BCUT2D eigenvalue weighted by molar-refractivity contribution is 7.86. The van der Waals surface area contributed by atoms with Gasteiger partial charge in [-0.25, -0.2) is 0 Å². The van der Waals surface area contributed by atoms with Crippen LogP contribution < -0.4 is 5.32 Å². The Morgan fingerprint density at radius 2 is 1.79 bits per heavy atom. The van der Waals surface area contributed by atoms with E-state index < -0.39 is 10.1 Å². The Kier molecular flexibility index (Phi) is 5.47. The van der Waals surface area contributed by atoms with E-state index in [1.165, 1.54) is 18.9 Å². The van der Waals surface area contributed by atoms with Gasteiger partial charge in [-0.2, -0.15) is 8.42 Å². The molecule has 134 valence electrons. The molecule has 0 radical (unpaired) electrons. The number of benzene rings is 1. The molecule has 0 amide bonds. The van der Waals surface area contributed by atoms with Crippen molar-refractivity contribution >= 4 is 15.8 Å². The van der Waals surface area contributed by atoms with Crippen molar-refractivity contribution in [2.45, 2.75) is 75.0 Å². The molecule has 24 heavy (non-hydrogen) atoms. The first kappa shape index (κ1) is 17.7. The molecule has 0 bridgehead atoms. The van der Waals surface area contributed by atoms with Gasteiger partial charge in [-0.1, -0.05) is 31.9 Å². The van der Waals surface area contributed by atoms with E-state index in [-0.39, 0.29) is 17.0 Å². The smallest absolute Gasteiger partial charge is 0.296 e. The lowest BCUT2D eigenvalue weighted by molar-refractivity contribution is -0.0373. The number of hydrogen-bond donors (Lipinski definition) is 2. The fourth-order valence-corrected chi connectivity index (χ4v) is 4.75. The van der Waals surface area contributed by atoms with Crippen LogP contribution in [0, 0.1) is 5.92 Å². The lowest BCUT2D eigenvalue weighted by atomic mass is 9.84. The van der Waals surface area contributed by atoms with Gasteiger partial charge in [0, 0.05) is 6.04 Å². The second-order valence-corrected chi connectivity index (χ2v) is 8.68. The highest BCUT2D eigenvalue weighted by atomic mass is 32.2. The second kappa shape index (κ2) is 7.42. The number of rotatable bonds is 5. The highest BCUT2D eigenvalue weighted by Gasteiger charge is 2.30. The predicted molar refractivity (Wildman–Crippen MR) is 93.8 cm³/mol. The minimum absolute atomic E-state index is 0.0588. The maximum absolute atomic E-state index is 11.5. The van der Waals surface area contributed by atoms with Gasteiger partial charge in [0.2, 0.25) is 0 Å². The molecule has 0 spiro atoms. The zero-order valence-corrected chi connectivity index (χ0v) is 15.0. The summed E-state index contributed by atoms with van der Waals surface area (Å²) in [6.07, 6.45) is 8.38. The van der Waals surface area contributed by atoms with Gasteiger partial charge in [0.05, 0.1) is 17.9 Å². The fourth-order valence-electron chi connectivity index (χ4n) is 4.10. The SMILES string of the molecule is CC1CC(Nc2ccccc2S(=O)(=O)O)CC(OC2CCCC2)C1. The molecule has 2 fully saturated rings. The lowest BCUT2D eigenvalue weighted by Crippen LogP contribution is -2.37. The van der Waals surface area contributed by atoms with Crippen molar-refractivity contribution in [2.75, 3.05) is 5.32 Å². The van der Waals surface area contributed by atoms with E-state index >= 15 is 0 Å². The zero-order chi connectivity index (χ0) is 17.2. The Morgan fingerprint density at radius 1 is 1.08 bits per heavy atom. The van der Waals surface area contributed by atoms with Crippen LogP contribution in [0.15, 0.2) is 29.2 Å². The van der Waals surface area contributed by atoms with Crippen molar-refractivity contribution in [1.82, 2.24) is 0 Å². The molecule has 3 atom stereocenters. The number of hydrogen-bond acceptors (Lipinski definition) is 4. The summed E-state index contributed by atoms with van der Waals surface area (Å²) in [7, 11) is -4.22. The van der Waals surface area contributed by atoms with Crippen LogP contribution in [0.2, 0.25) is 0 Å². The van der Waals surface area contributed by atoms with Gasteiger partial charge in [0.1, 0.15) is 4.90 Å². The van der Waals surface area contributed by atoms with Gasteiger partial charge >= 0.3 is 0 Å². The van der Waals surface area contributed by atoms with Gasteiger partial charge in [-0.3, -0.25) is 4.55 Å². The molecule has 1 aromatic carbocycles. The molecule has 2 saturated carbocycles. The Morgan fingerprint density at radius 3 is 2.50 bits per heavy atom. The molecule has 3 rings (SSSR count). The average Bonchev–Trinajstić information content (AvgIpc) is 2.99. The molecular formula is C18H27NO4S. The Balaban J connectivity index is 1.68. The van der Waals surface area contributed by atoms with Crippen LogP contribution >= 0.6 is 0 Å². The van der Waals surface area contributed by atoms with Crippen LogP contribution in [0.4, 0.5) is 5.69 Å². The molecule has 6 heteroatoms. The van der Waals surface area contributed by atoms with Gasteiger partial charge in [0.15, 0.2) is 0 Å². The average molecular weight is 353 g/mol. The van der Waals surface area contributed by atoms with Crippen molar-refractivity contribution in [3.8, 4) is 0 Å². The van der Waals surface area contributed by atoms with Crippen LogP contribution in [0.5, 0.6) is 0 Å². The van der Waals surface area contributed by atoms with Crippen LogP contribution in [-0.4, -0.2) is 31.2 Å². The predicted octanol–water partition coefficient (Wildman–Crippen LogP) is 3.86. The first-order chi connectivity index (χ1) is 11.4. The fraction of sp³-hybridized carbons (Fsp3) is 0.667. The molecule has 3 unspecified atom stereocenters. The number of para-hydroxylation sites is 1. The molecule has 0 saturated heterocycles. The third kappa shape index (κ3) is 4.49. The van der Waals surface area contributed by atoms with Gasteiger partial charge in [-0.05, 0) is 50.2 Å². The Hall–Kier alpha value is -1.11. The van der Waals surface area contributed by atoms with Crippen molar-refractivity contribution in [2.24, 2.45) is 5.92 Å². The largest absolute Gasteiger partial charge is 0.381 e. The molecule has 0 heterocycles. The lowest BCUT2D eigenvalue weighted by Gasteiger charge is -2.35. The van der Waals surface area contributed by atoms with E-state index in [1.807, 2.05) is 0 Å². The number of nitrogens with one attached hydrogen (secondary N) is 1. The minimum Gasteiger partial charge on any atom is -0.381 e. The van der Waals surface area contributed by atoms with Crippen molar-refractivity contribution in [3.63, 3.8) is 0 Å². The van der Waals surface area contributed by atoms with Gasteiger partial charge < -0.3 is 10.1 Å². The standard InChI is InChI=1S/C18H27NO4S/c1-13-10-14(12-16(11-13)23-15-6-2-3-7-15)19-17-8-4-5-9-18(17)24(20,21)22/h4-5,8-9,13-16,19H,2-3,6-7,10-12H2,1H3,(H,20,21,22). The molecule has 2 aliphatic carbocycles. The van der Waals surface area contributed by atoms with E-state index in [0.29, 0.717) is 17.7 Å². The van der Waals surface area contributed by atoms with E-state index in [1.54, 1.807) is 18.2 Å². The minimum atomic E-state index is -4.22. The summed E-state index contributed by atoms with van der Waals surface area (Å²) in [6, 6.07) is 6.67. The Bertz CT molecular complexity index is 655. The molecule has 2 aliphatic rings. The van der Waals surface area contributed by atoms with Crippen molar-refractivity contribution in [1.29, 1.82) is 0 Å². The Labute approximate surface area is 144 Å². The summed E-state index contributed by atoms with van der Waals surface area (Å²) in [4.78, 5) is -0.0588. The highest BCUT2D eigenvalue weighted by Crippen LogP contribution is 2.33. The molecule has 0 aliphatic heterocycles. The van der Waals surface area contributed by atoms with Crippen LogP contribution in [-0.2, 0) is 14.9 Å². The van der Waals surface area contributed by atoms with Crippen molar-refractivity contribution in [3.05, 3.63) is 24.3 Å². The van der Waals surface area contributed by atoms with E-state index in [0.717, 1.165) is 32.1 Å². The summed E-state index contributed by atoms with van der Waals surface area (Å²) in [5, 5.41) is 3.32. The summed E-state index contributed by atoms with van der Waals surface area (Å²) in [5.41, 5.74) is 0.471. The van der Waals surface area contributed by atoms with E-state index in [2.05, 4.69) is 12.2 Å². The van der Waals surface area contributed by atoms with Crippen LogP contribution in [0.25, 0.3) is 0 Å². The maximum Gasteiger partial charge on any atom is 0.296 e. The number of ether oxygens (including phenoxy) is 1. The third-order valence-corrected chi connectivity index (χ3v) is 6.02. The number of anilines is 1. The third-order valence-electron chi connectivity index (χ3n) is 5.11. The first-order valence-corrected chi connectivity index (χ1v) is 10.3. The van der Waals surface area contributed by atoms with E-state index in [4.69, 9.17) is 4.74 Å². The maximum atomic E-state index is 11.5. The molecule has 0 aromatic heterocycles. The summed E-state index contributed by atoms with van der Waals surface area (Å²) >= 11 is 0. The van der Waals surface area contributed by atoms with Gasteiger partial charge in [-0.15, -0.1) is 0 Å². The normalized spacial score (nSPS) is 28.8. The monoisotopic (exact) mass is 353 g/mol.